The zero-order valence-corrected chi connectivity index (χ0v) is 7.20. The minimum Gasteiger partial charge on any atom is -0.0747 e. The Bertz CT molecular complexity index is 158. The molecule has 0 amide bonds. The highest BCUT2D eigenvalue weighted by atomic mass is 13.8. The lowest BCUT2D eigenvalue weighted by atomic mass is 10.2. The van der Waals surface area contributed by atoms with Crippen molar-refractivity contribution in [3.63, 3.8) is 0 Å². The first-order chi connectivity index (χ1) is 4.77. The van der Waals surface area contributed by atoms with Gasteiger partial charge in [-0.3, -0.25) is 0 Å². The van der Waals surface area contributed by atoms with Gasteiger partial charge in [-0.05, 0) is 38.3 Å². The van der Waals surface area contributed by atoms with Crippen LogP contribution in [0.4, 0.5) is 0 Å². The number of unbranched alkanes of at least 4 members (excludes halogenated alkanes) is 2. The minimum absolute atomic E-state index is 1.14. The van der Waals surface area contributed by atoms with Crippen molar-refractivity contribution in [3.05, 3.63) is 23.1 Å². The van der Waals surface area contributed by atoms with Crippen LogP contribution in [0.2, 0.25) is 0 Å². The molecule has 0 aromatic carbocycles. The van der Waals surface area contributed by atoms with Crippen molar-refractivity contribution in [1.29, 1.82) is 0 Å². The van der Waals surface area contributed by atoms with E-state index in [4.69, 9.17) is 0 Å². The van der Waals surface area contributed by atoms with Crippen molar-refractivity contribution >= 4 is 0 Å². The molecule has 0 radical (unpaired) electrons. The van der Waals surface area contributed by atoms with Crippen molar-refractivity contribution < 1.29 is 0 Å². The Morgan fingerprint density at radius 2 is 2.10 bits per heavy atom. The van der Waals surface area contributed by atoms with Crippen molar-refractivity contribution in [2.75, 3.05) is 0 Å². The van der Waals surface area contributed by atoms with E-state index in [-0.39, 0.29) is 0 Å². The predicted molar refractivity (Wildman–Crippen MR) is 46.0 cm³/mol. The maximum absolute atomic E-state index is 3.02. The molecule has 0 aromatic heterocycles. The van der Waals surface area contributed by atoms with E-state index in [1.165, 1.54) is 18.4 Å². The lowest BCUT2D eigenvalue weighted by molar-refractivity contribution is 0.815. The molecule has 0 aliphatic heterocycles. The fourth-order valence-electron chi connectivity index (χ4n) is 0.574. The summed E-state index contributed by atoms with van der Waals surface area (Å²) in [5, 5.41) is 0. The molecule has 10 heavy (non-hydrogen) atoms. The Hall–Kier alpha value is -0.700. The largest absolute Gasteiger partial charge is 0.0747 e. The molecular weight excluding hydrogens is 120 g/mol. The third kappa shape index (κ3) is 7.30. The molecule has 0 fully saturated rings. The van der Waals surface area contributed by atoms with E-state index in [0.717, 1.165) is 6.42 Å². The molecule has 0 rings (SSSR count). The van der Waals surface area contributed by atoms with Gasteiger partial charge in [-0.2, -0.15) is 0 Å². The standard InChI is InChI=1S/C10H16/c1-4-5-6-7-8-9-10(2)3/h7H,4-6H2,1-3H3. The van der Waals surface area contributed by atoms with Gasteiger partial charge in [0.2, 0.25) is 0 Å². The summed E-state index contributed by atoms with van der Waals surface area (Å²) in [6.07, 6.45) is 5.71. The van der Waals surface area contributed by atoms with Gasteiger partial charge in [-0.15, -0.1) is 0 Å². The van der Waals surface area contributed by atoms with Crippen LogP contribution in [0.5, 0.6) is 0 Å². The molecule has 0 aliphatic rings. The van der Waals surface area contributed by atoms with E-state index in [2.05, 4.69) is 24.5 Å². The summed E-state index contributed by atoms with van der Waals surface area (Å²) < 4.78 is 0. The lowest BCUT2D eigenvalue weighted by Crippen LogP contribution is -1.63. The molecule has 0 unspecified atom stereocenters. The second-order valence-corrected chi connectivity index (χ2v) is 2.62. The second kappa shape index (κ2) is 6.42. The van der Waals surface area contributed by atoms with Crippen molar-refractivity contribution in [2.24, 2.45) is 0 Å². The summed E-state index contributed by atoms with van der Waals surface area (Å²) in [4.78, 5) is 0. The highest BCUT2D eigenvalue weighted by Crippen LogP contribution is 1.93. The summed E-state index contributed by atoms with van der Waals surface area (Å²) in [5.74, 6) is 0. The summed E-state index contributed by atoms with van der Waals surface area (Å²) in [6, 6.07) is 0. The van der Waals surface area contributed by atoms with Crippen LogP contribution in [0.15, 0.2) is 23.1 Å². The third-order valence-corrected chi connectivity index (χ3v) is 1.13. The molecule has 0 atom stereocenters. The molecule has 56 valence electrons. The van der Waals surface area contributed by atoms with Crippen molar-refractivity contribution in [3.8, 4) is 0 Å². The van der Waals surface area contributed by atoms with Crippen molar-refractivity contribution in [2.45, 2.75) is 40.0 Å². The molecule has 0 spiro atoms. The molecule has 0 saturated carbocycles. The average Bonchev–Trinajstić information content (AvgIpc) is 1.87. The van der Waals surface area contributed by atoms with Crippen LogP contribution in [-0.2, 0) is 0 Å². The lowest BCUT2D eigenvalue weighted by Gasteiger charge is -1.82. The molecule has 0 N–H and O–H groups in total. The molecule has 0 heteroatoms. The van der Waals surface area contributed by atoms with E-state index in [1.54, 1.807) is 0 Å². The first kappa shape index (κ1) is 9.30. The highest BCUT2D eigenvalue weighted by molar-refractivity contribution is 4.94. The van der Waals surface area contributed by atoms with Gasteiger partial charge in [0.1, 0.15) is 0 Å². The summed E-state index contributed by atoms with van der Waals surface area (Å²) >= 11 is 0. The Kier molecular flexibility index (Phi) is 5.97. The summed E-state index contributed by atoms with van der Waals surface area (Å²) in [5.41, 5.74) is 7.21. The number of hydrogen-bond acceptors (Lipinski definition) is 0. The maximum atomic E-state index is 3.02. The minimum atomic E-state index is 1.14. The monoisotopic (exact) mass is 136 g/mol. The molecular formula is C10H16. The Labute approximate surface area is 64.0 Å². The average molecular weight is 136 g/mol. The van der Waals surface area contributed by atoms with Crippen LogP contribution < -0.4 is 0 Å². The van der Waals surface area contributed by atoms with Gasteiger partial charge in [-0.1, -0.05) is 24.8 Å². The van der Waals surface area contributed by atoms with Crippen LogP contribution in [0.25, 0.3) is 0 Å². The van der Waals surface area contributed by atoms with Gasteiger partial charge in [0.15, 0.2) is 0 Å². The molecule has 0 aromatic rings. The van der Waals surface area contributed by atoms with E-state index in [1.807, 2.05) is 13.8 Å². The molecule has 0 bridgehead atoms. The van der Waals surface area contributed by atoms with Crippen LogP contribution in [0.3, 0.4) is 0 Å². The van der Waals surface area contributed by atoms with Crippen LogP contribution in [0.1, 0.15) is 40.0 Å². The Morgan fingerprint density at radius 1 is 1.40 bits per heavy atom. The van der Waals surface area contributed by atoms with Crippen LogP contribution in [0, 0.1) is 0 Å². The fraction of sp³-hybridized carbons (Fsp3) is 0.600. The van der Waals surface area contributed by atoms with Crippen LogP contribution >= 0.6 is 0 Å². The van der Waals surface area contributed by atoms with E-state index >= 15 is 0 Å². The number of hydrogen-bond donors (Lipinski definition) is 0. The zero-order chi connectivity index (χ0) is 7.82. The number of rotatable bonds is 3. The molecule has 0 nitrogen and oxygen atoms in total. The third-order valence-electron chi connectivity index (χ3n) is 1.13. The summed E-state index contributed by atoms with van der Waals surface area (Å²) in [7, 11) is 0. The fourth-order valence-corrected chi connectivity index (χ4v) is 0.574. The van der Waals surface area contributed by atoms with Gasteiger partial charge >= 0.3 is 0 Å². The molecule has 0 aliphatic carbocycles. The predicted octanol–water partition coefficient (Wildman–Crippen LogP) is 3.45. The highest BCUT2D eigenvalue weighted by Gasteiger charge is 1.74. The van der Waals surface area contributed by atoms with Gasteiger partial charge < -0.3 is 0 Å². The Balaban J connectivity index is 3.65. The van der Waals surface area contributed by atoms with E-state index < -0.39 is 0 Å². The SMILES string of the molecule is CCCCC=C=C=C(C)C. The molecule has 0 saturated heterocycles. The van der Waals surface area contributed by atoms with Crippen LogP contribution in [-0.4, -0.2) is 0 Å². The number of allylic oxidation sites excluding steroid dienone is 2. The maximum Gasteiger partial charge on any atom is -0.0261 e. The first-order valence-corrected chi connectivity index (χ1v) is 3.90. The van der Waals surface area contributed by atoms with Gasteiger partial charge in [-0.25, -0.2) is 0 Å². The van der Waals surface area contributed by atoms with Gasteiger partial charge in [0.25, 0.3) is 0 Å². The quantitative estimate of drug-likeness (QED) is 0.412. The Morgan fingerprint density at radius 3 is 2.60 bits per heavy atom. The van der Waals surface area contributed by atoms with Gasteiger partial charge in [0, 0.05) is 0 Å². The molecule has 0 heterocycles. The zero-order valence-electron chi connectivity index (χ0n) is 7.20. The summed E-state index contributed by atoms with van der Waals surface area (Å²) in [6.45, 7) is 6.25. The first-order valence-electron chi connectivity index (χ1n) is 3.90. The topological polar surface area (TPSA) is 0 Å². The second-order valence-electron chi connectivity index (χ2n) is 2.62. The van der Waals surface area contributed by atoms with E-state index in [9.17, 15) is 0 Å². The smallest absolute Gasteiger partial charge is 0.0261 e. The van der Waals surface area contributed by atoms with Crippen molar-refractivity contribution in [1.82, 2.24) is 0 Å². The van der Waals surface area contributed by atoms with E-state index in [0.29, 0.717) is 0 Å². The normalized spacial score (nSPS) is 7.90. The van der Waals surface area contributed by atoms with Gasteiger partial charge in [0.05, 0.1) is 0 Å².